The Morgan fingerprint density at radius 2 is 1.96 bits per heavy atom. The lowest BCUT2D eigenvalue weighted by atomic mass is 9.96. The molecule has 0 radical (unpaired) electrons. The number of amides is 1. The summed E-state index contributed by atoms with van der Waals surface area (Å²) in [6.07, 6.45) is 4.27. The van der Waals surface area contributed by atoms with Gasteiger partial charge in [-0.25, -0.2) is 0 Å². The molecule has 1 unspecified atom stereocenters. The molecule has 24 heavy (non-hydrogen) atoms. The van der Waals surface area contributed by atoms with Gasteiger partial charge in [-0.05, 0) is 44.4 Å². The van der Waals surface area contributed by atoms with Crippen molar-refractivity contribution in [2.45, 2.75) is 37.6 Å². The molecule has 130 valence electrons. The summed E-state index contributed by atoms with van der Waals surface area (Å²) in [5.74, 6) is 2.57. The zero-order valence-electron chi connectivity index (χ0n) is 14.7. The number of likely N-dealkylation sites (tertiary alicyclic amines) is 1. The van der Waals surface area contributed by atoms with Crippen LogP contribution in [0.5, 0.6) is 0 Å². The van der Waals surface area contributed by atoms with Gasteiger partial charge in [0.25, 0.3) is 0 Å². The van der Waals surface area contributed by atoms with E-state index in [1.807, 2.05) is 11.9 Å². The van der Waals surface area contributed by atoms with Crippen molar-refractivity contribution in [2.24, 2.45) is 5.92 Å². The largest absolute Gasteiger partial charge is 0.352 e. The van der Waals surface area contributed by atoms with Crippen molar-refractivity contribution in [3.63, 3.8) is 0 Å². The predicted molar refractivity (Wildman–Crippen MR) is 93.0 cm³/mol. The van der Waals surface area contributed by atoms with E-state index in [4.69, 9.17) is 0 Å². The van der Waals surface area contributed by atoms with Gasteiger partial charge in [0, 0.05) is 51.6 Å². The number of hydrogen-bond acceptors (Lipinski definition) is 5. The molecule has 0 aromatic carbocycles. The van der Waals surface area contributed by atoms with Crippen LogP contribution >= 0.6 is 0 Å². The molecule has 3 heterocycles. The third kappa shape index (κ3) is 3.24. The number of rotatable bonds is 5. The van der Waals surface area contributed by atoms with Crippen LogP contribution in [0.1, 0.15) is 37.3 Å². The third-order valence-corrected chi connectivity index (χ3v) is 5.75. The standard InChI is InChI=1S/C18H27N5O/c1-21(9-13-3-8-18(24)22(2)10-13)15-11-23(12-15)17-7-6-16(19-20-17)14-4-5-14/h6-7,13-15H,3-5,8-12H2,1-2H3. The molecule has 2 aliphatic heterocycles. The molecule has 1 amide bonds. The van der Waals surface area contributed by atoms with Crippen molar-refractivity contribution in [3.05, 3.63) is 17.8 Å². The highest BCUT2D eigenvalue weighted by atomic mass is 16.2. The Hall–Kier alpha value is -1.69. The van der Waals surface area contributed by atoms with Crippen molar-refractivity contribution >= 4 is 11.7 Å². The van der Waals surface area contributed by atoms with Crippen LogP contribution in [0.3, 0.4) is 0 Å². The number of likely N-dealkylation sites (N-methyl/N-ethyl adjacent to an activating group) is 1. The normalized spacial score (nSPS) is 25.3. The minimum atomic E-state index is 0.289. The van der Waals surface area contributed by atoms with E-state index in [0.717, 1.165) is 44.1 Å². The van der Waals surface area contributed by atoms with E-state index in [9.17, 15) is 4.79 Å². The fourth-order valence-corrected chi connectivity index (χ4v) is 3.83. The highest BCUT2D eigenvalue weighted by Crippen LogP contribution is 2.38. The van der Waals surface area contributed by atoms with Gasteiger partial charge in [0.15, 0.2) is 5.82 Å². The van der Waals surface area contributed by atoms with Gasteiger partial charge in [-0.1, -0.05) is 0 Å². The number of nitrogens with zero attached hydrogens (tertiary/aromatic N) is 5. The summed E-state index contributed by atoms with van der Waals surface area (Å²) in [7, 11) is 4.13. The maximum Gasteiger partial charge on any atom is 0.222 e. The van der Waals surface area contributed by atoms with Crippen molar-refractivity contribution in [1.82, 2.24) is 20.0 Å². The van der Waals surface area contributed by atoms with Crippen LogP contribution in [-0.2, 0) is 4.79 Å². The van der Waals surface area contributed by atoms with E-state index >= 15 is 0 Å². The Morgan fingerprint density at radius 1 is 1.17 bits per heavy atom. The smallest absolute Gasteiger partial charge is 0.222 e. The quantitative estimate of drug-likeness (QED) is 0.816. The van der Waals surface area contributed by atoms with Crippen LogP contribution < -0.4 is 4.90 Å². The monoisotopic (exact) mass is 329 g/mol. The number of anilines is 1. The molecule has 6 nitrogen and oxygen atoms in total. The third-order valence-electron chi connectivity index (χ3n) is 5.75. The SMILES string of the molecule is CN1CC(CN(C)C2CN(c3ccc(C4CC4)nn3)C2)CCC1=O. The van der Waals surface area contributed by atoms with Gasteiger partial charge >= 0.3 is 0 Å². The van der Waals surface area contributed by atoms with Gasteiger partial charge in [0.05, 0.1) is 5.69 Å². The molecular weight excluding hydrogens is 302 g/mol. The lowest BCUT2D eigenvalue weighted by Gasteiger charge is -2.46. The molecule has 6 heteroatoms. The second kappa shape index (κ2) is 6.31. The maximum atomic E-state index is 11.6. The molecule has 0 bridgehead atoms. The Bertz CT molecular complexity index is 594. The number of carbonyl (C=O) groups excluding carboxylic acids is 1. The van der Waals surface area contributed by atoms with Crippen LogP contribution in [-0.4, -0.2) is 72.2 Å². The van der Waals surface area contributed by atoms with E-state index in [2.05, 4.69) is 39.2 Å². The summed E-state index contributed by atoms with van der Waals surface area (Å²) in [5.41, 5.74) is 1.16. The number of aromatic nitrogens is 2. The van der Waals surface area contributed by atoms with Crippen molar-refractivity contribution < 1.29 is 4.79 Å². The lowest BCUT2D eigenvalue weighted by molar-refractivity contribution is -0.133. The van der Waals surface area contributed by atoms with E-state index in [1.165, 1.54) is 12.8 Å². The molecule has 1 aromatic rings. The highest BCUT2D eigenvalue weighted by molar-refractivity contribution is 5.76. The van der Waals surface area contributed by atoms with Crippen LogP contribution in [0.2, 0.25) is 0 Å². The first-order valence-electron chi connectivity index (χ1n) is 9.13. The molecular formula is C18H27N5O. The van der Waals surface area contributed by atoms with E-state index in [1.54, 1.807) is 0 Å². The molecule has 3 aliphatic rings. The summed E-state index contributed by atoms with van der Waals surface area (Å²) in [5, 5.41) is 8.78. The molecule has 0 spiro atoms. The average Bonchev–Trinajstić information content (AvgIpc) is 3.35. The van der Waals surface area contributed by atoms with Crippen molar-refractivity contribution in [2.75, 3.05) is 45.2 Å². The minimum absolute atomic E-state index is 0.289. The summed E-state index contributed by atoms with van der Waals surface area (Å²) in [6, 6.07) is 4.85. The van der Waals surface area contributed by atoms with E-state index < -0.39 is 0 Å². The topological polar surface area (TPSA) is 52.6 Å². The predicted octanol–water partition coefficient (Wildman–Crippen LogP) is 1.34. The summed E-state index contributed by atoms with van der Waals surface area (Å²) >= 11 is 0. The summed E-state index contributed by atoms with van der Waals surface area (Å²) < 4.78 is 0. The van der Waals surface area contributed by atoms with Crippen molar-refractivity contribution in [3.8, 4) is 0 Å². The lowest BCUT2D eigenvalue weighted by Crippen LogP contribution is -2.60. The Morgan fingerprint density at radius 3 is 2.58 bits per heavy atom. The summed E-state index contributed by atoms with van der Waals surface area (Å²) in [6.45, 7) is 4.01. The first-order valence-corrected chi connectivity index (χ1v) is 9.13. The Balaban J connectivity index is 1.25. The van der Waals surface area contributed by atoms with Crippen LogP contribution in [0.15, 0.2) is 12.1 Å². The van der Waals surface area contributed by atoms with Gasteiger partial charge in [-0.2, -0.15) is 5.10 Å². The molecule has 1 aliphatic carbocycles. The van der Waals surface area contributed by atoms with Crippen LogP contribution in [0, 0.1) is 5.92 Å². The summed E-state index contributed by atoms with van der Waals surface area (Å²) in [4.78, 5) is 18.2. The van der Waals surface area contributed by atoms with Crippen LogP contribution in [0.25, 0.3) is 0 Å². The van der Waals surface area contributed by atoms with E-state index in [0.29, 0.717) is 24.3 Å². The van der Waals surface area contributed by atoms with E-state index in [-0.39, 0.29) is 5.91 Å². The number of piperidine rings is 1. The molecule has 1 aromatic heterocycles. The zero-order valence-corrected chi connectivity index (χ0v) is 14.7. The minimum Gasteiger partial charge on any atom is -0.352 e. The Kier molecular flexibility index (Phi) is 4.16. The zero-order chi connectivity index (χ0) is 16.7. The average molecular weight is 329 g/mol. The molecule has 2 saturated heterocycles. The molecule has 1 saturated carbocycles. The van der Waals surface area contributed by atoms with Gasteiger partial charge in [0.1, 0.15) is 0 Å². The fourth-order valence-electron chi connectivity index (χ4n) is 3.83. The molecule has 1 atom stereocenters. The first-order chi connectivity index (χ1) is 11.6. The van der Waals surface area contributed by atoms with Crippen LogP contribution in [0.4, 0.5) is 5.82 Å². The fraction of sp³-hybridized carbons (Fsp3) is 0.722. The highest BCUT2D eigenvalue weighted by Gasteiger charge is 2.33. The van der Waals surface area contributed by atoms with Gasteiger partial charge < -0.3 is 9.80 Å². The van der Waals surface area contributed by atoms with Crippen molar-refractivity contribution in [1.29, 1.82) is 0 Å². The molecule has 0 N–H and O–H groups in total. The van der Waals surface area contributed by atoms with Gasteiger partial charge in [-0.3, -0.25) is 9.69 Å². The van der Waals surface area contributed by atoms with Gasteiger partial charge in [0.2, 0.25) is 5.91 Å². The maximum absolute atomic E-state index is 11.6. The number of carbonyl (C=O) groups is 1. The second-order valence-corrected chi connectivity index (χ2v) is 7.77. The number of hydrogen-bond donors (Lipinski definition) is 0. The second-order valence-electron chi connectivity index (χ2n) is 7.77. The Labute approximate surface area is 143 Å². The molecule has 4 rings (SSSR count). The first kappa shape index (κ1) is 15.8. The van der Waals surface area contributed by atoms with Gasteiger partial charge in [-0.15, -0.1) is 5.10 Å². The molecule has 3 fully saturated rings.